The zero-order chi connectivity index (χ0) is 16.4. The number of carbonyl (C=O) groups excluding carboxylic acids is 2. The van der Waals surface area contributed by atoms with Crippen molar-refractivity contribution in [2.24, 2.45) is 0 Å². The lowest BCUT2D eigenvalue weighted by Crippen LogP contribution is -2.27. The monoisotopic (exact) mass is 312 g/mol. The third-order valence-electron chi connectivity index (χ3n) is 4.23. The van der Waals surface area contributed by atoms with Gasteiger partial charge < -0.3 is 10.6 Å². The summed E-state index contributed by atoms with van der Waals surface area (Å²) < 4.78 is 1.50. The summed E-state index contributed by atoms with van der Waals surface area (Å²) >= 11 is 0. The van der Waals surface area contributed by atoms with E-state index in [0.717, 1.165) is 24.0 Å². The average molecular weight is 312 g/mol. The van der Waals surface area contributed by atoms with Crippen LogP contribution in [0.25, 0.3) is 0 Å². The molecule has 1 aromatic heterocycles. The fraction of sp³-hybridized carbons (Fsp3) is 0.353. The van der Waals surface area contributed by atoms with Crippen molar-refractivity contribution < 1.29 is 9.59 Å². The molecule has 1 saturated carbocycles. The van der Waals surface area contributed by atoms with E-state index in [1.54, 1.807) is 19.4 Å². The van der Waals surface area contributed by atoms with Gasteiger partial charge in [-0.25, -0.2) is 0 Å². The Labute approximate surface area is 134 Å². The first-order chi connectivity index (χ1) is 11.0. The zero-order valence-electron chi connectivity index (χ0n) is 13.3. The van der Waals surface area contributed by atoms with E-state index in [0.29, 0.717) is 5.69 Å². The fourth-order valence-electron chi connectivity index (χ4n) is 2.71. The van der Waals surface area contributed by atoms with E-state index < -0.39 is 5.41 Å². The maximum absolute atomic E-state index is 12.7. The summed E-state index contributed by atoms with van der Waals surface area (Å²) in [6, 6.07) is 8.09. The van der Waals surface area contributed by atoms with Crippen LogP contribution in [0.5, 0.6) is 0 Å². The maximum Gasteiger partial charge on any atom is 0.241 e. The number of aryl methyl sites for hydroxylation is 1. The van der Waals surface area contributed by atoms with Crippen LogP contribution in [0.2, 0.25) is 0 Å². The van der Waals surface area contributed by atoms with Crippen molar-refractivity contribution in [3.05, 3.63) is 47.8 Å². The average Bonchev–Trinajstić information content (AvgIpc) is 3.24. The highest BCUT2D eigenvalue weighted by atomic mass is 16.2. The van der Waals surface area contributed by atoms with Crippen molar-refractivity contribution in [3.63, 3.8) is 0 Å². The number of nitrogens with one attached hydrogen (secondary N) is 2. The number of aromatic nitrogens is 2. The molecule has 2 aromatic rings. The molecule has 1 heterocycles. The molecule has 0 aliphatic heterocycles. The first-order valence-electron chi connectivity index (χ1n) is 7.65. The number of hydrogen-bond acceptors (Lipinski definition) is 3. The highest BCUT2D eigenvalue weighted by Gasteiger charge is 2.51. The number of hydrogen-bond donors (Lipinski definition) is 2. The van der Waals surface area contributed by atoms with Crippen LogP contribution in [-0.4, -0.2) is 28.6 Å². The lowest BCUT2D eigenvalue weighted by Gasteiger charge is -2.15. The number of carbonyl (C=O) groups is 2. The Balaban J connectivity index is 1.71. The van der Waals surface area contributed by atoms with E-state index >= 15 is 0 Å². The van der Waals surface area contributed by atoms with E-state index in [1.807, 2.05) is 25.1 Å². The molecular formula is C17H20N4O2. The van der Waals surface area contributed by atoms with Gasteiger partial charge in [0.1, 0.15) is 6.54 Å². The lowest BCUT2D eigenvalue weighted by atomic mass is 9.93. The van der Waals surface area contributed by atoms with E-state index in [4.69, 9.17) is 0 Å². The third kappa shape index (κ3) is 3.11. The zero-order valence-corrected chi connectivity index (χ0v) is 13.3. The Morgan fingerprint density at radius 1 is 1.35 bits per heavy atom. The SMILES string of the molecule is CNC(=O)Cn1cc(NC(=O)C2(c3cccc(C)c3)CC2)cn1. The quantitative estimate of drug-likeness (QED) is 0.880. The van der Waals surface area contributed by atoms with Gasteiger partial charge in [0.2, 0.25) is 11.8 Å². The molecule has 6 heteroatoms. The summed E-state index contributed by atoms with van der Waals surface area (Å²) in [5.41, 5.74) is 2.40. The molecule has 0 spiro atoms. The van der Waals surface area contributed by atoms with Gasteiger partial charge in [-0.1, -0.05) is 29.8 Å². The maximum atomic E-state index is 12.7. The smallest absolute Gasteiger partial charge is 0.241 e. The highest BCUT2D eigenvalue weighted by molar-refractivity contribution is 6.01. The molecule has 2 N–H and O–H groups in total. The molecule has 0 bridgehead atoms. The van der Waals surface area contributed by atoms with Crippen LogP contribution in [0.4, 0.5) is 5.69 Å². The Hall–Kier alpha value is -2.63. The second-order valence-electron chi connectivity index (χ2n) is 6.01. The van der Waals surface area contributed by atoms with Gasteiger partial charge in [0, 0.05) is 13.2 Å². The standard InChI is InChI=1S/C17H20N4O2/c1-12-4-3-5-13(8-12)17(6-7-17)16(23)20-14-9-19-21(10-14)11-15(22)18-2/h3-5,8-10H,6-7,11H2,1-2H3,(H,18,22)(H,20,23). The summed E-state index contributed by atoms with van der Waals surface area (Å²) in [5, 5.41) is 9.55. The molecule has 2 amide bonds. The van der Waals surface area contributed by atoms with Crippen molar-refractivity contribution in [2.45, 2.75) is 31.7 Å². The molecule has 1 aliphatic rings. The molecule has 0 unspecified atom stereocenters. The molecule has 23 heavy (non-hydrogen) atoms. The van der Waals surface area contributed by atoms with Gasteiger partial charge in [-0.2, -0.15) is 5.10 Å². The molecule has 0 radical (unpaired) electrons. The predicted octanol–water partition coefficient (Wildman–Crippen LogP) is 1.61. The molecule has 1 fully saturated rings. The summed E-state index contributed by atoms with van der Waals surface area (Å²) in [6.07, 6.45) is 4.94. The molecule has 6 nitrogen and oxygen atoms in total. The van der Waals surface area contributed by atoms with Crippen molar-refractivity contribution in [2.75, 3.05) is 12.4 Å². The number of amides is 2. The second-order valence-corrected chi connectivity index (χ2v) is 6.01. The van der Waals surface area contributed by atoms with Gasteiger partial charge in [-0.05, 0) is 25.3 Å². The lowest BCUT2D eigenvalue weighted by molar-refractivity contribution is -0.121. The van der Waals surface area contributed by atoms with Gasteiger partial charge in [-0.15, -0.1) is 0 Å². The Bertz CT molecular complexity index is 747. The number of likely N-dealkylation sites (N-methyl/N-ethyl adjacent to an activating group) is 1. The predicted molar refractivity (Wildman–Crippen MR) is 87.0 cm³/mol. The molecule has 1 aliphatic carbocycles. The highest BCUT2D eigenvalue weighted by Crippen LogP contribution is 2.49. The second kappa shape index (κ2) is 5.87. The van der Waals surface area contributed by atoms with Gasteiger partial charge in [0.05, 0.1) is 17.3 Å². The summed E-state index contributed by atoms with van der Waals surface area (Å²) in [6.45, 7) is 2.16. The number of rotatable bonds is 5. The minimum atomic E-state index is -0.422. The Morgan fingerprint density at radius 2 is 2.13 bits per heavy atom. The number of anilines is 1. The van der Waals surface area contributed by atoms with Crippen molar-refractivity contribution in [1.82, 2.24) is 15.1 Å². The van der Waals surface area contributed by atoms with Crippen LogP contribution in [0.15, 0.2) is 36.7 Å². The largest absolute Gasteiger partial charge is 0.358 e. The van der Waals surface area contributed by atoms with Gasteiger partial charge in [0.15, 0.2) is 0 Å². The summed E-state index contributed by atoms with van der Waals surface area (Å²) in [5.74, 6) is -0.146. The van der Waals surface area contributed by atoms with E-state index in [1.165, 1.54) is 4.68 Å². The van der Waals surface area contributed by atoms with Crippen LogP contribution >= 0.6 is 0 Å². The first-order valence-corrected chi connectivity index (χ1v) is 7.65. The van der Waals surface area contributed by atoms with Gasteiger partial charge in [0.25, 0.3) is 0 Å². The van der Waals surface area contributed by atoms with Crippen molar-refractivity contribution in [1.29, 1.82) is 0 Å². The van der Waals surface area contributed by atoms with Gasteiger partial charge in [-0.3, -0.25) is 14.3 Å². The van der Waals surface area contributed by atoms with Crippen molar-refractivity contribution >= 4 is 17.5 Å². The minimum Gasteiger partial charge on any atom is -0.358 e. The normalized spacial score (nSPS) is 15.0. The van der Waals surface area contributed by atoms with Crippen LogP contribution < -0.4 is 10.6 Å². The van der Waals surface area contributed by atoms with Crippen LogP contribution in [0.3, 0.4) is 0 Å². The third-order valence-corrected chi connectivity index (χ3v) is 4.23. The summed E-state index contributed by atoms with van der Waals surface area (Å²) in [4.78, 5) is 24.0. The molecule has 0 saturated heterocycles. The molecule has 120 valence electrons. The van der Waals surface area contributed by atoms with Crippen molar-refractivity contribution in [3.8, 4) is 0 Å². The summed E-state index contributed by atoms with van der Waals surface area (Å²) in [7, 11) is 1.58. The Kier molecular flexibility index (Phi) is 3.90. The number of nitrogens with zero attached hydrogens (tertiary/aromatic N) is 2. The van der Waals surface area contributed by atoms with Crippen LogP contribution in [-0.2, 0) is 21.5 Å². The molecular weight excluding hydrogens is 292 g/mol. The fourth-order valence-corrected chi connectivity index (χ4v) is 2.71. The van der Waals surface area contributed by atoms with Gasteiger partial charge >= 0.3 is 0 Å². The number of benzene rings is 1. The first kappa shape index (κ1) is 15.3. The minimum absolute atomic E-state index is 0.0115. The molecule has 3 rings (SSSR count). The Morgan fingerprint density at radius 3 is 2.78 bits per heavy atom. The van der Waals surface area contributed by atoms with E-state index in [9.17, 15) is 9.59 Å². The van der Waals surface area contributed by atoms with E-state index in [2.05, 4.69) is 21.8 Å². The molecule has 0 atom stereocenters. The topological polar surface area (TPSA) is 76.0 Å². The van der Waals surface area contributed by atoms with E-state index in [-0.39, 0.29) is 18.4 Å². The van der Waals surface area contributed by atoms with Crippen LogP contribution in [0, 0.1) is 6.92 Å². The molecule has 1 aromatic carbocycles. The van der Waals surface area contributed by atoms with Crippen LogP contribution in [0.1, 0.15) is 24.0 Å².